The molecular weight excluding hydrogens is 192 g/mol. The van der Waals surface area contributed by atoms with E-state index in [4.69, 9.17) is 4.74 Å². The van der Waals surface area contributed by atoms with E-state index >= 15 is 0 Å². The Kier molecular flexibility index (Phi) is 5.40. The maximum absolute atomic E-state index is 11.4. The quantitative estimate of drug-likeness (QED) is 0.563. The predicted molar refractivity (Wildman–Crippen MR) is 58.4 cm³/mol. The lowest BCUT2D eigenvalue weighted by Gasteiger charge is -2.16. The number of allylic oxidation sites excluding steroid dienone is 1. The predicted octanol–water partition coefficient (Wildman–Crippen LogP) is 2.05. The number of carbonyl (C=O) groups is 1. The third-order valence-electron chi connectivity index (χ3n) is 2.66. The normalized spacial score (nSPS) is 28.5. The van der Waals surface area contributed by atoms with Crippen molar-refractivity contribution in [2.45, 2.75) is 45.1 Å². The summed E-state index contributed by atoms with van der Waals surface area (Å²) in [4.78, 5) is 11.4. The summed E-state index contributed by atoms with van der Waals surface area (Å²) in [6.45, 7) is 2.44. The fraction of sp³-hybridized carbons (Fsp3) is 0.750. The molecule has 0 saturated carbocycles. The molecule has 0 saturated heterocycles. The molecule has 1 aliphatic rings. The Morgan fingerprint density at radius 1 is 1.60 bits per heavy atom. The van der Waals surface area contributed by atoms with Gasteiger partial charge >= 0.3 is 5.97 Å². The molecule has 1 rings (SSSR count). The van der Waals surface area contributed by atoms with Crippen molar-refractivity contribution >= 4 is 5.97 Å². The molecule has 3 nitrogen and oxygen atoms in total. The highest BCUT2D eigenvalue weighted by Gasteiger charge is 2.15. The Labute approximate surface area is 91.1 Å². The summed E-state index contributed by atoms with van der Waals surface area (Å²) >= 11 is 0. The standard InChI is InChI=1S/C12H20O3/c1-2-4-10-5-3-6-11(13)7-8-15-12(14)9-10/h3,6,10-11,13H,2,4-5,7-9H2,1H3. The van der Waals surface area contributed by atoms with Gasteiger partial charge in [-0.05, 0) is 18.8 Å². The van der Waals surface area contributed by atoms with Crippen LogP contribution in [0.2, 0.25) is 0 Å². The number of aliphatic hydroxyl groups excluding tert-OH is 1. The maximum atomic E-state index is 11.4. The highest BCUT2D eigenvalue weighted by atomic mass is 16.5. The van der Waals surface area contributed by atoms with Crippen LogP contribution in [0.25, 0.3) is 0 Å². The molecule has 1 aliphatic heterocycles. The van der Waals surface area contributed by atoms with Crippen molar-refractivity contribution in [2.75, 3.05) is 6.61 Å². The molecule has 0 aromatic heterocycles. The number of carbonyl (C=O) groups excluding carboxylic acids is 1. The van der Waals surface area contributed by atoms with E-state index in [9.17, 15) is 9.90 Å². The average Bonchev–Trinajstić information content (AvgIpc) is 2.17. The van der Waals surface area contributed by atoms with Crippen LogP contribution in [0.1, 0.15) is 39.0 Å². The van der Waals surface area contributed by atoms with E-state index in [1.54, 1.807) is 0 Å². The van der Waals surface area contributed by atoms with Gasteiger partial charge in [-0.25, -0.2) is 0 Å². The molecule has 1 N–H and O–H groups in total. The minimum atomic E-state index is -0.474. The van der Waals surface area contributed by atoms with Crippen LogP contribution in [0.5, 0.6) is 0 Å². The van der Waals surface area contributed by atoms with Crippen molar-refractivity contribution in [3.05, 3.63) is 12.2 Å². The lowest BCUT2D eigenvalue weighted by molar-refractivity contribution is -0.145. The number of ether oxygens (including phenoxy) is 1. The molecule has 0 bridgehead atoms. The van der Waals surface area contributed by atoms with Crippen LogP contribution in [-0.4, -0.2) is 23.8 Å². The molecule has 0 aromatic carbocycles. The Balaban J connectivity index is 2.53. The molecule has 0 radical (unpaired) electrons. The molecule has 0 amide bonds. The van der Waals surface area contributed by atoms with Crippen LogP contribution in [-0.2, 0) is 9.53 Å². The zero-order valence-corrected chi connectivity index (χ0v) is 9.32. The van der Waals surface area contributed by atoms with E-state index in [0.717, 1.165) is 19.3 Å². The summed E-state index contributed by atoms with van der Waals surface area (Å²) < 4.78 is 5.03. The summed E-state index contributed by atoms with van der Waals surface area (Å²) in [5.41, 5.74) is 0. The number of hydrogen-bond acceptors (Lipinski definition) is 3. The van der Waals surface area contributed by atoms with Gasteiger partial charge in [0.15, 0.2) is 0 Å². The smallest absolute Gasteiger partial charge is 0.306 e. The lowest BCUT2D eigenvalue weighted by Crippen LogP contribution is -2.16. The average molecular weight is 212 g/mol. The number of cyclic esters (lactones) is 1. The number of hydrogen-bond donors (Lipinski definition) is 1. The number of esters is 1. The minimum Gasteiger partial charge on any atom is -0.466 e. The molecular formula is C12H20O3. The summed E-state index contributed by atoms with van der Waals surface area (Å²) in [6.07, 6.45) is 7.31. The lowest BCUT2D eigenvalue weighted by atomic mass is 9.95. The van der Waals surface area contributed by atoms with Crippen LogP contribution < -0.4 is 0 Å². The molecule has 2 unspecified atom stereocenters. The first kappa shape index (κ1) is 12.2. The Hall–Kier alpha value is -0.830. The van der Waals surface area contributed by atoms with E-state index in [1.807, 2.05) is 12.2 Å². The van der Waals surface area contributed by atoms with E-state index in [2.05, 4.69) is 6.92 Å². The summed E-state index contributed by atoms with van der Waals surface area (Å²) in [5, 5.41) is 9.46. The zero-order chi connectivity index (χ0) is 11.1. The molecule has 2 atom stereocenters. The molecule has 15 heavy (non-hydrogen) atoms. The van der Waals surface area contributed by atoms with Gasteiger partial charge in [-0.2, -0.15) is 0 Å². The van der Waals surface area contributed by atoms with Crippen LogP contribution in [0.3, 0.4) is 0 Å². The molecule has 3 heteroatoms. The first-order valence-corrected chi connectivity index (χ1v) is 5.72. The second kappa shape index (κ2) is 6.62. The minimum absolute atomic E-state index is 0.129. The van der Waals surface area contributed by atoms with Crippen molar-refractivity contribution in [2.24, 2.45) is 5.92 Å². The second-order valence-corrected chi connectivity index (χ2v) is 4.10. The topological polar surface area (TPSA) is 46.5 Å². The fourth-order valence-corrected chi connectivity index (χ4v) is 1.82. The summed E-state index contributed by atoms with van der Waals surface area (Å²) in [7, 11) is 0. The summed E-state index contributed by atoms with van der Waals surface area (Å²) in [6, 6.07) is 0. The third-order valence-corrected chi connectivity index (χ3v) is 2.66. The molecule has 0 fully saturated rings. The van der Waals surface area contributed by atoms with Crippen molar-refractivity contribution in [1.82, 2.24) is 0 Å². The van der Waals surface area contributed by atoms with E-state index < -0.39 is 6.10 Å². The number of rotatable bonds is 2. The monoisotopic (exact) mass is 212 g/mol. The van der Waals surface area contributed by atoms with Gasteiger partial charge in [0.25, 0.3) is 0 Å². The van der Waals surface area contributed by atoms with Crippen molar-refractivity contribution < 1.29 is 14.6 Å². The highest BCUT2D eigenvalue weighted by Crippen LogP contribution is 2.18. The molecule has 0 aliphatic carbocycles. The van der Waals surface area contributed by atoms with Crippen LogP contribution >= 0.6 is 0 Å². The molecule has 1 heterocycles. The van der Waals surface area contributed by atoms with Crippen LogP contribution in [0.4, 0.5) is 0 Å². The van der Waals surface area contributed by atoms with Crippen LogP contribution in [0, 0.1) is 5.92 Å². The maximum Gasteiger partial charge on any atom is 0.306 e. The van der Waals surface area contributed by atoms with Crippen molar-refractivity contribution in [3.63, 3.8) is 0 Å². The van der Waals surface area contributed by atoms with Crippen LogP contribution in [0.15, 0.2) is 12.2 Å². The Bertz CT molecular complexity index is 223. The fourth-order valence-electron chi connectivity index (χ4n) is 1.82. The molecule has 0 aromatic rings. The first-order valence-electron chi connectivity index (χ1n) is 5.72. The van der Waals surface area contributed by atoms with Crippen molar-refractivity contribution in [1.29, 1.82) is 0 Å². The van der Waals surface area contributed by atoms with Crippen molar-refractivity contribution in [3.8, 4) is 0 Å². The third kappa shape index (κ3) is 4.98. The highest BCUT2D eigenvalue weighted by molar-refractivity contribution is 5.69. The molecule has 86 valence electrons. The zero-order valence-electron chi connectivity index (χ0n) is 9.32. The van der Waals surface area contributed by atoms with E-state index in [1.165, 1.54) is 0 Å². The van der Waals surface area contributed by atoms with E-state index in [0.29, 0.717) is 25.4 Å². The van der Waals surface area contributed by atoms with Gasteiger partial charge in [0, 0.05) is 12.8 Å². The SMILES string of the molecule is CCCC1CC=CC(O)CCOC(=O)C1. The van der Waals surface area contributed by atoms with Gasteiger partial charge in [0.05, 0.1) is 12.7 Å². The summed E-state index contributed by atoms with van der Waals surface area (Å²) in [5.74, 6) is 0.236. The van der Waals surface area contributed by atoms with E-state index in [-0.39, 0.29) is 5.97 Å². The largest absolute Gasteiger partial charge is 0.466 e. The Morgan fingerprint density at radius 2 is 2.40 bits per heavy atom. The van der Waals surface area contributed by atoms with Gasteiger partial charge < -0.3 is 9.84 Å². The number of aliphatic hydroxyl groups is 1. The van der Waals surface area contributed by atoms with Gasteiger partial charge in [-0.1, -0.05) is 25.5 Å². The second-order valence-electron chi connectivity index (χ2n) is 4.10. The Morgan fingerprint density at radius 3 is 3.13 bits per heavy atom. The van der Waals surface area contributed by atoms with Gasteiger partial charge in [-0.15, -0.1) is 0 Å². The van der Waals surface area contributed by atoms with Gasteiger partial charge in [0.1, 0.15) is 0 Å². The molecule has 0 spiro atoms. The first-order chi connectivity index (χ1) is 7.22. The van der Waals surface area contributed by atoms with Gasteiger partial charge in [-0.3, -0.25) is 4.79 Å². The van der Waals surface area contributed by atoms with Gasteiger partial charge in [0.2, 0.25) is 0 Å².